The van der Waals surface area contributed by atoms with Crippen molar-refractivity contribution in [3.63, 3.8) is 0 Å². The Morgan fingerprint density at radius 1 is 1.54 bits per heavy atom. The van der Waals surface area contributed by atoms with Crippen molar-refractivity contribution in [2.24, 2.45) is 5.73 Å². The SMILES string of the molecule is Cc1ccc(C(=O)CC(C)(C)N)s1. The first-order valence-electron chi connectivity index (χ1n) is 4.27. The minimum atomic E-state index is -0.408. The molecule has 0 saturated carbocycles. The maximum absolute atomic E-state index is 11.6. The minimum Gasteiger partial charge on any atom is -0.325 e. The molecule has 0 aliphatic carbocycles. The minimum absolute atomic E-state index is 0.144. The van der Waals surface area contributed by atoms with Gasteiger partial charge in [0.1, 0.15) is 0 Å². The third-order valence-electron chi connectivity index (χ3n) is 1.63. The van der Waals surface area contributed by atoms with E-state index >= 15 is 0 Å². The van der Waals surface area contributed by atoms with Crippen LogP contribution in [0.4, 0.5) is 0 Å². The van der Waals surface area contributed by atoms with Crippen LogP contribution in [0.5, 0.6) is 0 Å². The van der Waals surface area contributed by atoms with Crippen LogP contribution in [0.3, 0.4) is 0 Å². The zero-order valence-corrected chi connectivity index (χ0v) is 9.07. The fourth-order valence-corrected chi connectivity index (χ4v) is 1.89. The van der Waals surface area contributed by atoms with Crippen LogP contribution in [0.15, 0.2) is 12.1 Å². The van der Waals surface area contributed by atoms with Crippen molar-refractivity contribution < 1.29 is 4.79 Å². The molecular formula is C10H15NOS. The second kappa shape index (κ2) is 3.60. The van der Waals surface area contributed by atoms with Crippen LogP contribution in [-0.2, 0) is 0 Å². The topological polar surface area (TPSA) is 43.1 Å². The summed E-state index contributed by atoms with van der Waals surface area (Å²) in [5.74, 6) is 0.144. The molecule has 3 heteroatoms. The number of rotatable bonds is 3. The molecule has 13 heavy (non-hydrogen) atoms. The first-order valence-corrected chi connectivity index (χ1v) is 5.09. The van der Waals surface area contributed by atoms with Crippen molar-refractivity contribution in [2.45, 2.75) is 32.7 Å². The Bertz CT molecular complexity index is 309. The Labute approximate surface area is 82.8 Å². The fourth-order valence-electron chi connectivity index (χ4n) is 1.09. The van der Waals surface area contributed by atoms with Crippen molar-refractivity contribution in [1.82, 2.24) is 0 Å². The van der Waals surface area contributed by atoms with Crippen molar-refractivity contribution >= 4 is 17.1 Å². The van der Waals surface area contributed by atoms with Gasteiger partial charge in [-0.3, -0.25) is 4.79 Å². The number of carbonyl (C=O) groups excluding carboxylic acids is 1. The first-order chi connectivity index (χ1) is 5.88. The normalized spacial score (nSPS) is 11.7. The lowest BCUT2D eigenvalue weighted by Gasteiger charge is -2.16. The standard InChI is InChI=1S/C10H15NOS/c1-7-4-5-9(13-7)8(12)6-10(2,3)11/h4-5H,6,11H2,1-3H3. The lowest BCUT2D eigenvalue weighted by atomic mass is 9.99. The molecule has 0 radical (unpaired) electrons. The van der Waals surface area contributed by atoms with Gasteiger partial charge in [0, 0.05) is 16.8 Å². The lowest BCUT2D eigenvalue weighted by Crippen LogP contribution is -2.34. The molecule has 0 amide bonds. The molecule has 0 saturated heterocycles. The molecule has 1 rings (SSSR count). The molecule has 0 aliphatic heterocycles. The van der Waals surface area contributed by atoms with Gasteiger partial charge in [-0.15, -0.1) is 11.3 Å². The highest BCUT2D eigenvalue weighted by atomic mass is 32.1. The van der Waals surface area contributed by atoms with E-state index in [4.69, 9.17) is 5.73 Å². The Hall–Kier alpha value is -0.670. The van der Waals surface area contributed by atoms with Gasteiger partial charge in [0.25, 0.3) is 0 Å². The molecule has 1 heterocycles. The highest BCUT2D eigenvalue weighted by Crippen LogP contribution is 2.19. The molecule has 1 aromatic rings. The van der Waals surface area contributed by atoms with Gasteiger partial charge in [0.2, 0.25) is 0 Å². The van der Waals surface area contributed by atoms with E-state index in [9.17, 15) is 4.79 Å². The summed E-state index contributed by atoms with van der Waals surface area (Å²) in [5.41, 5.74) is 5.36. The van der Waals surface area contributed by atoms with E-state index in [2.05, 4.69) is 0 Å². The largest absolute Gasteiger partial charge is 0.325 e. The number of nitrogens with two attached hydrogens (primary N) is 1. The maximum atomic E-state index is 11.6. The zero-order valence-electron chi connectivity index (χ0n) is 8.26. The summed E-state index contributed by atoms with van der Waals surface area (Å²) in [6, 6.07) is 3.83. The quantitative estimate of drug-likeness (QED) is 0.756. The summed E-state index contributed by atoms with van der Waals surface area (Å²) in [5, 5.41) is 0. The number of Topliss-reactive ketones (excluding diaryl/α,β-unsaturated/α-hetero) is 1. The van der Waals surface area contributed by atoms with Crippen LogP contribution in [0, 0.1) is 6.92 Å². The van der Waals surface area contributed by atoms with Crippen LogP contribution in [-0.4, -0.2) is 11.3 Å². The number of thiophene rings is 1. The van der Waals surface area contributed by atoms with E-state index in [1.165, 1.54) is 11.3 Å². The van der Waals surface area contributed by atoms with Crippen LogP contribution >= 0.6 is 11.3 Å². The van der Waals surface area contributed by atoms with Crippen molar-refractivity contribution in [2.75, 3.05) is 0 Å². The van der Waals surface area contributed by atoms with Gasteiger partial charge in [-0.2, -0.15) is 0 Å². The van der Waals surface area contributed by atoms with Crippen LogP contribution in [0.2, 0.25) is 0 Å². The van der Waals surface area contributed by atoms with E-state index in [1.54, 1.807) is 0 Å². The molecule has 2 nitrogen and oxygen atoms in total. The van der Waals surface area contributed by atoms with Crippen LogP contribution in [0.25, 0.3) is 0 Å². The average molecular weight is 197 g/mol. The summed E-state index contributed by atoms with van der Waals surface area (Å²) in [6.07, 6.45) is 0.410. The molecule has 0 unspecified atom stereocenters. The smallest absolute Gasteiger partial charge is 0.174 e. The van der Waals surface area contributed by atoms with Gasteiger partial charge in [0.15, 0.2) is 5.78 Å². The number of hydrogen-bond donors (Lipinski definition) is 1. The summed E-state index contributed by atoms with van der Waals surface area (Å²) in [7, 11) is 0. The van der Waals surface area contributed by atoms with Crippen molar-refractivity contribution in [3.8, 4) is 0 Å². The maximum Gasteiger partial charge on any atom is 0.174 e. The molecule has 72 valence electrons. The highest BCUT2D eigenvalue weighted by molar-refractivity contribution is 7.14. The third kappa shape index (κ3) is 3.28. The predicted octanol–water partition coefficient (Wildman–Crippen LogP) is 2.37. The fraction of sp³-hybridized carbons (Fsp3) is 0.500. The highest BCUT2D eigenvalue weighted by Gasteiger charge is 2.18. The van der Waals surface area contributed by atoms with E-state index in [-0.39, 0.29) is 5.78 Å². The van der Waals surface area contributed by atoms with E-state index < -0.39 is 5.54 Å². The molecule has 1 aromatic heterocycles. The Balaban J connectivity index is 2.70. The van der Waals surface area contributed by atoms with E-state index in [0.29, 0.717) is 6.42 Å². The molecule has 0 bridgehead atoms. The predicted molar refractivity (Wildman–Crippen MR) is 56.3 cm³/mol. The van der Waals surface area contributed by atoms with Gasteiger partial charge in [0.05, 0.1) is 4.88 Å². The zero-order chi connectivity index (χ0) is 10.1. The second-order valence-corrected chi connectivity index (χ2v) is 5.29. The second-order valence-electron chi connectivity index (χ2n) is 4.00. The van der Waals surface area contributed by atoms with Gasteiger partial charge in [-0.1, -0.05) is 0 Å². The summed E-state index contributed by atoms with van der Waals surface area (Å²) in [6.45, 7) is 5.73. The van der Waals surface area contributed by atoms with Gasteiger partial charge in [-0.25, -0.2) is 0 Å². The van der Waals surface area contributed by atoms with Crippen molar-refractivity contribution in [3.05, 3.63) is 21.9 Å². The molecule has 0 atom stereocenters. The molecule has 0 fully saturated rings. The lowest BCUT2D eigenvalue weighted by molar-refractivity contribution is 0.0964. The van der Waals surface area contributed by atoms with Crippen LogP contribution in [0.1, 0.15) is 34.8 Å². The molecular weight excluding hydrogens is 182 g/mol. The molecule has 0 aromatic carbocycles. The van der Waals surface area contributed by atoms with Crippen molar-refractivity contribution in [1.29, 1.82) is 0 Å². The molecule has 2 N–H and O–H groups in total. The summed E-state index contributed by atoms with van der Waals surface area (Å²) in [4.78, 5) is 13.6. The van der Waals surface area contributed by atoms with Gasteiger partial charge in [-0.05, 0) is 32.9 Å². The number of carbonyl (C=O) groups is 1. The van der Waals surface area contributed by atoms with Gasteiger partial charge >= 0.3 is 0 Å². The Morgan fingerprint density at radius 2 is 2.15 bits per heavy atom. The van der Waals surface area contributed by atoms with Gasteiger partial charge < -0.3 is 5.73 Å². The summed E-state index contributed by atoms with van der Waals surface area (Å²) >= 11 is 1.53. The first kappa shape index (κ1) is 10.4. The molecule has 0 spiro atoms. The summed E-state index contributed by atoms with van der Waals surface area (Å²) < 4.78 is 0. The molecule has 0 aliphatic rings. The Morgan fingerprint density at radius 3 is 2.54 bits per heavy atom. The average Bonchev–Trinajstić information content (AvgIpc) is 2.31. The number of aryl methyl sites for hydroxylation is 1. The Kier molecular flexibility index (Phi) is 2.88. The van der Waals surface area contributed by atoms with E-state index in [1.807, 2.05) is 32.9 Å². The third-order valence-corrected chi connectivity index (χ3v) is 2.67. The van der Waals surface area contributed by atoms with E-state index in [0.717, 1.165) is 9.75 Å². The van der Waals surface area contributed by atoms with Crippen LogP contribution < -0.4 is 5.73 Å². The number of hydrogen-bond acceptors (Lipinski definition) is 3. The number of ketones is 1. The monoisotopic (exact) mass is 197 g/mol.